The highest BCUT2D eigenvalue weighted by molar-refractivity contribution is 5.10. The highest BCUT2D eigenvalue weighted by Gasteiger charge is 2.43. The predicted molar refractivity (Wildman–Crippen MR) is 64.4 cm³/mol. The van der Waals surface area contributed by atoms with E-state index < -0.39 is 0 Å². The monoisotopic (exact) mass is 220 g/mol. The molecule has 1 saturated carbocycles. The number of nitrogens with zero attached hydrogens (tertiary/aromatic N) is 1. The Labute approximate surface area is 97.2 Å². The molecule has 1 N–H and O–H groups in total. The smallest absolute Gasteiger partial charge is 0.0834 e. The van der Waals surface area contributed by atoms with Crippen molar-refractivity contribution in [3.8, 4) is 0 Å². The minimum absolute atomic E-state index is 0.0340. The fourth-order valence-corrected chi connectivity index (χ4v) is 2.50. The Morgan fingerprint density at radius 3 is 2.75 bits per heavy atom. The summed E-state index contributed by atoms with van der Waals surface area (Å²) in [6.07, 6.45) is 6.37. The predicted octanol–water partition coefficient (Wildman–Crippen LogP) is 1.78. The lowest BCUT2D eigenvalue weighted by molar-refractivity contribution is -0.0968. The average molecular weight is 220 g/mol. The normalized spacial score (nSPS) is 20.1. The van der Waals surface area contributed by atoms with Gasteiger partial charge in [0.1, 0.15) is 0 Å². The third-order valence-corrected chi connectivity index (χ3v) is 3.73. The standard InChI is InChI=1S/C13H20N2O/c1-14-12(13(16-2)7-5-8-13)10-11-6-3-4-9-15-11/h3-4,6,9,12,14H,5,7-8,10H2,1-2H3. The van der Waals surface area contributed by atoms with Gasteiger partial charge in [0.15, 0.2) is 0 Å². The highest BCUT2D eigenvalue weighted by atomic mass is 16.5. The second-order valence-corrected chi connectivity index (χ2v) is 4.49. The molecule has 1 aromatic heterocycles. The van der Waals surface area contributed by atoms with Gasteiger partial charge in [0.2, 0.25) is 0 Å². The van der Waals surface area contributed by atoms with Crippen molar-refractivity contribution in [3.05, 3.63) is 30.1 Å². The van der Waals surface area contributed by atoms with Gasteiger partial charge in [-0.2, -0.15) is 0 Å². The van der Waals surface area contributed by atoms with Crippen LogP contribution >= 0.6 is 0 Å². The first-order chi connectivity index (χ1) is 7.80. The maximum atomic E-state index is 5.71. The summed E-state index contributed by atoms with van der Waals surface area (Å²) in [5.74, 6) is 0. The minimum Gasteiger partial charge on any atom is -0.377 e. The van der Waals surface area contributed by atoms with Crippen molar-refractivity contribution >= 4 is 0 Å². The third-order valence-electron chi connectivity index (χ3n) is 3.73. The first kappa shape index (κ1) is 11.6. The van der Waals surface area contributed by atoms with E-state index in [0.717, 1.165) is 25.0 Å². The zero-order valence-corrected chi connectivity index (χ0v) is 10.1. The molecule has 1 aliphatic carbocycles. The Balaban J connectivity index is 2.06. The van der Waals surface area contributed by atoms with Gasteiger partial charge in [0.25, 0.3) is 0 Å². The molecule has 1 aromatic rings. The van der Waals surface area contributed by atoms with Gasteiger partial charge in [0, 0.05) is 31.5 Å². The first-order valence-corrected chi connectivity index (χ1v) is 5.93. The van der Waals surface area contributed by atoms with Crippen LogP contribution in [-0.4, -0.2) is 30.8 Å². The van der Waals surface area contributed by atoms with Crippen molar-refractivity contribution in [2.24, 2.45) is 0 Å². The van der Waals surface area contributed by atoms with Crippen LogP contribution in [0.1, 0.15) is 25.0 Å². The molecule has 1 aliphatic rings. The summed E-state index contributed by atoms with van der Waals surface area (Å²) < 4.78 is 5.71. The van der Waals surface area contributed by atoms with Gasteiger partial charge in [-0.05, 0) is 38.4 Å². The molecule has 0 aliphatic heterocycles. The molecular formula is C13H20N2O. The number of likely N-dealkylation sites (N-methyl/N-ethyl adjacent to an activating group) is 1. The van der Waals surface area contributed by atoms with Gasteiger partial charge >= 0.3 is 0 Å². The van der Waals surface area contributed by atoms with Gasteiger partial charge in [-0.1, -0.05) is 6.07 Å². The third kappa shape index (κ3) is 2.11. The van der Waals surface area contributed by atoms with Gasteiger partial charge in [-0.25, -0.2) is 0 Å². The SMILES string of the molecule is CNC(Cc1ccccn1)C1(OC)CCC1. The Morgan fingerprint density at radius 1 is 1.50 bits per heavy atom. The molecule has 1 atom stereocenters. The molecule has 3 heteroatoms. The number of hydrogen-bond acceptors (Lipinski definition) is 3. The second kappa shape index (κ2) is 4.93. The summed E-state index contributed by atoms with van der Waals surface area (Å²) in [7, 11) is 3.83. The summed E-state index contributed by atoms with van der Waals surface area (Å²) in [5, 5.41) is 3.38. The molecule has 0 aromatic carbocycles. The fraction of sp³-hybridized carbons (Fsp3) is 0.615. The zero-order valence-electron chi connectivity index (χ0n) is 10.1. The molecule has 1 fully saturated rings. The molecule has 0 amide bonds. The number of ether oxygens (including phenoxy) is 1. The number of rotatable bonds is 5. The van der Waals surface area contributed by atoms with E-state index in [1.54, 1.807) is 0 Å². The van der Waals surface area contributed by atoms with E-state index in [9.17, 15) is 0 Å². The number of methoxy groups -OCH3 is 1. The first-order valence-electron chi connectivity index (χ1n) is 5.93. The van der Waals surface area contributed by atoms with Crippen LogP contribution < -0.4 is 5.32 Å². The van der Waals surface area contributed by atoms with Crippen molar-refractivity contribution in [3.63, 3.8) is 0 Å². The summed E-state index contributed by atoms with van der Waals surface area (Å²) in [4.78, 5) is 4.38. The van der Waals surface area contributed by atoms with Crippen molar-refractivity contribution in [2.75, 3.05) is 14.2 Å². The molecule has 1 unspecified atom stereocenters. The van der Waals surface area contributed by atoms with Crippen molar-refractivity contribution < 1.29 is 4.74 Å². The zero-order chi connectivity index (χ0) is 11.4. The second-order valence-electron chi connectivity index (χ2n) is 4.49. The molecule has 3 nitrogen and oxygen atoms in total. The molecule has 2 rings (SSSR count). The van der Waals surface area contributed by atoms with Gasteiger partial charge in [-0.3, -0.25) is 4.98 Å². The van der Waals surface area contributed by atoms with Crippen molar-refractivity contribution in [1.29, 1.82) is 0 Å². The summed E-state index contributed by atoms with van der Waals surface area (Å²) >= 11 is 0. The minimum atomic E-state index is 0.0340. The van der Waals surface area contributed by atoms with Gasteiger partial charge in [0.05, 0.1) is 5.60 Å². The van der Waals surface area contributed by atoms with Gasteiger partial charge in [-0.15, -0.1) is 0 Å². The van der Waals surface area contributed by atoms with Crippen molar-refractivity contribution in [1.82, 2.24) is 10.3 Å². The van der Waals surface area contributed by atoms with Crippen LogP contribution in [0.25, 0.3) is 0 Å². The molecule has 0 saturated heterocycles. The maximum absolute atomic E-state index is 5.71. The molecular weight excluding hydrogens is 200 g/mol. The fourth-order valence-electron chi connectivity index (χ4n) is 2.50. The lowest BCUT2D eigenvalue weighted by Crippen LogP contribution is -2.56. The summed E-state index contributed by atoms with van der Waals surface area (Å²) in [6, 6.07) is 6.43. The van der Waals surface area contributed by atoms with Crippen LogP contribution in [0.4, 0.5) is 0 Å². The molecule has 1 heterocycles. The largest absolute Gasteiger partial charge is 0.377 e. The van der Waals surface area contributed by atoms with Crippen LogP contribution in [0, 0.1) is 0 Å². The van der Waals surface area contributed by atoms with Gasteiger partial charge < -0.3 is 10.1 Å². The van der Waals surface area contributed by atoms with Crippen molar-refractivity contribution in [2.45, 2.75) is 37.3 Å². The van der Waals surface area contributed by atoms with E-state index in [0.29, 0.717) is 6.04 Å². The lowest BCUT2D eigenvalue weighted by Gasteiger charge is -2.46. The van der Waals surface area contributed by atoms with Crippen LogP contribution in [0.3, 0.4) is 0 Å². The number of pyridine rings is 1. The van der Waals surface area contributed by atoms with E-state index in [1.165, 1.54) is 6.42 Å². The highest BCUT2D eigenvalue weighted by Crippen LogP contribution is 2.38. The topological polar surface area (TPSA) is 34.2 Å². The number of hydrogen-bond donors (Lipinski definition) is 1. The Kier molecular flexibility index (Phi) is 3.56. The number of aromatic nitrogens is 1. The average Bonchev–Trinajstić information content (AvgIpc) is 2.28. The molecule has 0 bridgehead atoms. The van der Waals surface area contributed by atoms with E-state index in [1.807, 2.05) is 32.5 Å². The molecule has 0 radical (unpaired) electrons. The molecule has 16 heavy (non-hydrogen) atoms. The van der Waals surface area contributed by atoms with Crippen LogP contribution in [0.15, 0.2) is 24.4 Å². The van der Waals surface area contributed by atoms with Crippen LogP contribution in [0.5, 0.6) is 0 Å². The molecule has 0 spiro atoms. The van der Waals surface area contributed by atoms with E-state index in [2.05, 4.69) is 16.4 Å². The quantitative estimate of drug-likeness (QED) is 0.821. The number of nitrogens with one attached hydrogen (secondary N) is 1. The van der Waals surface area contributed by atoms with Crippen LogP contribution in [0.2, 0.25) is 0 Å². The van der Waals surface area contributed by atoms with E-state index >= 15 is 0 Å². The lowest BCUT2D eigenvalue weighted by atomic mass is 9.73. The Bertz CT molecular complexity index is 316. The Hall–Kier alpha value is -0.930. The maximum Gasteiger partial charge on any atom is 0.0834 e. The summed E-state index contributed by atoms with van der Waals surface area (Å²) in [6.45, 7) is 0. The summed E-state index contributed by atoms with van der Waals surface area (Å²) in [5.41, 5.74) is 1.16. The van der Waals surface area contributed by atoms with E-state index in [4.69, 9.17) is 4.74 Å². The van der Waals surface area contributed by atoms with Crippen LogP contribution in [-0.2, 0) is 11.2 Å². The Morgan fingerprint density at radius 2 is 2.31 bits per heavy atom. The van der Waals surface area contributed by atoms with E-state index in [-0.39, 0.29) is 5.60 Å². The molecule has 88 valence electrons.